The first kappa shape index (κ1) is 11.7. The summed E-state index contributed by atoms with van der Waals surface area (Å²) in [5.41, 5.74) is 6.60. The van der Waals surface area contributed by atoms with Crippen molar-refractivity contribution < 1.29 is 8.60 Å². The largest absolute Gasteiger partial charge is 0.396 e. The van der Waals surface area contributed by atoms with Crippen LogP contribution in [0.15, 0.2) is 41.8 Å². The second-order valence-corrected chi connectivity index (χ2v) is 4.83. The predicted octanol–water partition coefficient (Wildman–Crippen LogP) is 1.51. The molecule has 4 nitrogen and oxygen atoms in total. The zero-order valence-corrected chi connectivity index (χ0v) is 9.65. The SMILES string of the molecule is Nc1cnccc1S(=O)Cc1cncc(F)c1. The van der Waals surface area contributed by atoms with Crippen LogP contribution in [0.25, 0.3) is 0 Å². The molecule has 0 fully saturated rings. The monoisotopic (exact) mass is 251 g/mol. The van der Waals surface area contributed by atoms with Gasteiger partial charge in [0, 0.05) is 12.4 Å². The van der Waals surface area contributed by atoms with Crippen LogP contribution in [0.3, 0.4) is 0 Å². The lowest BCUT2D eigenvalue weighted by Crippen LogP contribution is -2.02. The fourth-order valence-corrected chi connectivity index (χ4v) is 2.51. The molecule has 6 heteroatoms. The molecule has 1 unspecified atom stereocenters. The maximum Gasteiger partial charge on any atom is 0.141 e. The van der Waals surface area contributed by atoms with E-state index < -0.39 is 16.6 Å². The average Bonchev–Trinajstić information content (AvgIpc) is 2.29. The fraction of sp³-hybridized carbons (Fsp3) is 0.0909. The van der Waals surface area contributed by atoms with Crippen molar-refractivity contribution in [3.8, 4) is 0 Å². The third-order valence-electron chi connectivity index (χ3n) is 2.11. The molecular weight excluding hydrogens is 241 g/mol. The molecular formula is C11H10FN3OS. The Labute approximate surface area is 100 Å². The highest BCUT2D eigenvalue weighted by atomic mass is 32.2. The molecule has 2 rings (SSSR count). The molecule has 2 aromatic rings. The van der Waals surface area contributed by atoms with Crippen LogP contribution in [-0.4, -0.2) is 14.2 Å². The van der Waals surface area contributed by atoms with E-state index in [9.17, 15) is 8.60 Å². The number of anilines is 1. The number of halogens is 1. The second kappa shape index (κ2) is 5.01. The summed E-state index contributed by atoms with van der Waals surface area (Å²) >= 11 is 0. The molecule has 17 heavy (non-hydrogen) atoms. The van der Waals surface area contributed by atoms with Crippen molar-refractivity contribution in [2.24, 2.45) is 0 Å². The Morgan fingerprint density at radius 2 is 2.12 bits per heavy atom. The van der Waals surface area contributed by atoms with Crippen LogP contribution >= 0.6 is 0 Å². The van der Waals surface area contributed by atoms with E-state index >= 15 is 0 Å². The fourth-order valence-electron chi connectivity index (χ4n) is 1.37. The lowest BCUT2D eigenvalue weighted by atomic mass is 10.3. The predicted molar refractivity (Wildman–Crippen MR) is 63.0 cm³/mol. The maximum atomic E-state index is 12.9. The first-order chi connectivity index (χ1) is 8.16. The number of rotatable bonds is 3. The molecule has 0 spiro atoms. The lowest BCUT2D eigenvalue weighted by molar-refractivity contribution is 0.619. The molecule has 0 radical (unpaired) electrons. The van der Waals surface area contributed by atoms with Gasteiger partial charge in [-0.15, -0.1) is 0 Å². The third kappa shape index (κ3) is 2.85. The quantitative estimate of drug-likeness (QED) is 0.897. The number of pyridine rings is 2. The average molecular weight is 251 g/mol. The summed E-state index contributed by atoms with van der Waals surface area (Å²) in [6.07, 6.45) is 5.55. The Kier molecular flexibility index (Phi) is 3.43. The van der Waals surface area contributed by atoms with Crippen molar-refractivity contribution in [2.75, 3.05) is 5.73 Å². The van der Waals surface area contributed by atoms with Gasteiger partial charge in [0.15, 0.2) is 0 Å². The first-order valence-corrected chi connectivity index (χ1v) is 6.16. The zero-order valence-electron chi connectivity index (χ0n) is 8.84. The molecule has 0 aliphatic carbocycles. The molecule has 0 saturated heterocycles. The van der Waals surface area contributed by atoms with Crippen molar-refractivity contribution in [1.29, 1.82) is 0 Å². The molecule has 1 atom stereocenters. The van der Waals surface area contributed by atoms with Gasteiger partial charge in [-0.3, -0.25) is 14.2 Å². The van der Waals surface area contributed by atoms with Gasteiger partial charge < -0.3 is 5.73 Å². The van der Waals surface area contributed by atoms with Gasteiger partial charge in [0.2, 0.25) is 0 Å². The van der Waals surface area contributed by atoms with Crippen LogP contribution in [0.1, 0.15) is 5.56 Å². The molecule has 0 bridgehead atoms. The summed E-state index contributed by atoms with van der Waals surface area (Å²) < 4.78 is 24.9. The highest BCUT2D eigenvalue weighted by Crippen LogP contribution is 2.17. The molecule has 2 aromatic heterocycles. The van der Waals surface area contributed by atoms with Gasteiger partial charge in [-0.05, 0) is 17.7 Å². The number of nitrogens with zero attached hydrogens (tertiary/aromatic N) is 2. The van der Waals surface area contributed by atoms with Gasteiger partial charge in [-0.2, -0.15) is 0 Å². The molecule has 0 aliphatic heterocycles. The maximum absolute atomic E-state index is 12.9. The normalized spacial score (nSPS) is 12.3. The molecule has 88 valence electrons. The van der Waals surface area contributed by atoms with E-state index in [-0.39, 0.29) is 5.75 Å². The van der Waals surface area contributed by atoms with Gasteiger partial charge in [0.1, 0.15) is 5.82 Å². The van der Waals surface area contributed by atoms with Gasteiger partial charge in [-0.25, -0.2) is 4.39 Å². The number of hydrogen-bond donors (Lipinski definition) is 1. The van der Waals surface area contributed by atoms with Gasteiger partial charge in [0.25, 0.3) is 0 Å². The summed E-state index contributed by atoms with van der Waals surface area (Å²) in [4.78, 5) is 8.02. The van der Waals surface area contributed by atoms with Crippen LogP contribution in [0, 0.1) is 5.82 Å². The number of nitrogen functional groups attached to an aromatic ring is 1. The van der Waals surface area contributed by atoms with E-state index in [1.54, 1.807) is 6.07 Å². The summed E-state index contributed by atoms with van der Waals surface area (Å²) in [7, 11) is -1.33. The Bertz CT molecular complexity index is 562. The molecule has 0 saturated carbocycles. The molecule has 0 amide bonds. The Morgan fingerprint density at radius 1 is 1.29 bits per heavy atom. The highest BCUT2D eigenvalue weighted by molar-refractivity contribution is 7.84. The van der Waals surface area contributed by atoms with Crippen LogP contribution < -0.4 is 5.73 Å². The van der Waals surface area contributed by atoms with Gasteiger partial charge in [-0.1, -0.05) is 0 Å². The summed E-state index contributed by atoms with van der Waals surface area (Å²) in [6.45, 7) is 0. The minimum absolute atomic E-state index is 0.180. The standard InChI is InChI=1S/C11H10FN3OS/c12-9-3-8(4-15-5-9)7-17(16)11-1-2-14-6-10(11)13/h1-6H,7,13H2. The van der Waals surface area contributed by atoms with Gasteiger partial charge in [0.05, 0.1) is 39.5 Å². The van der Waals surface area contributed by atoms with Gasteiger partial charge >= 0.3 is 0 Å². The Morgan fingerprint density at radius 3 is 2.82 bits per heavy atom. The third-order valence-corrected chi connectivity index (χ3v) is 3.57. The highest BCUT2D eigenvalue weighted by Gasteiger charge is 2.09. The Balaban J connectivity index is 2.20. The summed E-state index contributed by atoms with van der Waals surface area (Å²) in [5, 5.41) is 0. The van der Waals surface area contributed by atoms with E-state index in [4.69, 9.17) is 5.73 Å². The Hall–Kier alpha value is -1.82. The number of hydrogen-bond acceptors (Lipinski definition) is 4. The van der Waals surface area contributed by atoms with E-state index in [1.165, 1.54) is 24.7 Å². The number of nitrogens with two attached hydrogens (primary N) is 1. The van der Waals surface area contributed by atoms with Crippen molar-refractivity contribution in [2.45, 2.75) is 10.6 Å². The van der Waals surface area contributed by atoms with E-state index in [0.29, 0.717) is 16.1 Å². The van der Waals surface area contributed by atoms with Crippen molar-refractivity contribution in [1.82, 2.24) is 9.97 Å². The number of aromatic nitrogens is 2. The van der Waals surface area contributed by atoms with Crippen molar-refractivity contribution in [3.05, 3.63) is 48.3 Å². The first-order valence-electron chi connectivity index (χ1n) is 4.84. The van der Waals surface area contributed by atoms with E-state index in [2.05, 4.69) is 9.97 Å². The molecule has 2 N–H and O–H groups in total. The van der Waals surface area contributed by atoms with Crippen LogP contribution in [0.2, 0.25) is 0 Å². The van der Waals surface area contributed by atoms with Crippen LogP contribution in [-0.2, 0) is 16.6 Å². The second-order valence-electron chi connectivity index (χ2n) is 3.41. The lowest BCUT2D eigenvalue weighted by Gasteiger charge is -2.04. The molecule has 2 heterocycles. The van der Waals surface area contributed by atoms with Crippen molar-refractivity contribution >= 4 is 16.5 Å². The zero-order chi connectivity index (χ0) is 12.3. The minimum atomic E-state index is -1.33. The smallest absolute Gasteiger partial charge is 0.141 e. The molecule has 0 aromatic carbocycles. The van der Waals surface area contributed by atoms with E-state index in [1.807, 2.05) is 0 Å². The summed E-state index contributed by atoms with van der Waals surface area (Å²) in [6, 6.07) is 2.90. The van der Waals surface area contributed by atoms with E-state index in [0.717, 1.165) is 6.20 Å². The van der Waals surface area contributed by atoms with Crippen LogP contribution in [0.4, 0.5) is 10.1 Å². The van der Waals surface area contributed by atoms with Crippen molar-refractivity contribution in [3.63, 3.8) is 0 Å². The summed E-state index contributed by atoms with van der Waals surface area (Å²) in [5.74, 6) is -0.263. The topological polar surface area (TPSA) is 68.9 Å². The molecule has 0 aliphatic rings. The van der Waals surface area contributed by atoms with Crippen LogP contribution in [0.5, 0.6) is 0 Å². The minimum Gasteiger partial charge on any atom is -0.396 e.